The molecule has 1 fully saturated rings. The van der Waals surface area contributed by atoms with Gasteiger partial charge in [0, 0.05) is 11.0 Å². The number of amides is 1. The summed E-state index contributed by atoms with van der Waals surface area (Å²) in [5.74, 6) is 0.728. The summed E-state index contributed by atoms with van der Waals surface area (Å²) >= 11 is 3.53. The molecule has 1 saturated carbocycles. The summed E-state index contributed by atoms with van der Waals surface area (Å²) < 4.78 is 0.909. The molecule has 1 aliphatic rings. The van der Waals surface area contributed by atoms with Crippen molar-refractivity contribution in [3.63, 3.8) is 0 Å². The maximum absolute atomic E-state index is 12.5. The van der Waals surface area contributed by atoms with E-state index < -0.39 is 0 Å². The third-order valence-electron chi connectivity index (χ3n) is 4.57. The number of carbonyl (C=O) groups is 1. The smallest absolute Gasteiger partial charge is 0.252 e. The molecule has 116 valence electrons. The van der Waals surface area contributed by atoms with Gasteiger partial charge < -0.3 is 5.32 Å². The summed E-state index contributed by atoms with van der Waals surface area (Å²) in [4.78, 5) is 12.5. The molecule has 0 aromatic heterocycles. The van der Waals surface area contributed by atoms with E-state index in [1.54, 1.807) is 0 Å². The second-order valence-corrected chi connectivity index (χ2v) is 7.72. The first kappa shape index (κ1) is 16.5. The van der Waals surface area contributed by atoms with Crippen LogP contribution >= 0.6 is 15.9 Å². The highest BCUT2D eigenvalue weighted by molar-refractivity contribution is 9.10. The van der Waals surface area contributed by atoms with Crippen LogP contribution in [0.1, 0.15) is 61.9 Å². The van der Waals surface area contributed by atoms with Gasteiger partial charge in [-0.3, -0.25) is 4.79 Å². The van der Waals surface area contributed by atoms with Gasteiger partial charge in [0.2, 0.25) is 0 Å². The van der Waals surface area contributed by atoms with Crippen molar-refractivity contribution in [2.24, 2.45) is 11.3 Å². The van der Waals surface area contributed by atoms with Gasteiger partial charge in [-0.15, -0.1) is 0 Å². The summed E-state index contributed by atoms with van der Waals surface area (Å²) in [6.45, 7) is 7.38. The molecule has 2 rings (SSSR count). The molecule has 0 heterocycles. The van der Waals surface area contributed by atoms with E-state index in [1.807, 2.05) is 25.1 Å². The third kappa shape index (κ3) is 4.09. The van der Waals surface area contributed by atoms with Crippen LogP contribution in [0.2, 0.25) is 0 Å². The van der Waals surface area contributed by atoms with Crippen molar-refractivity contribution >= 4 is 21.8 Å². The van der Waals surface area contributed by atoms with Gasteiger partial charge in [-0.1, -0.05) is 38.8 Å². The number of hydrogen-bond acceptors (Lipinski definition) is 1. The second-order valence-electron chi connectivity index (χ2n) is 6.92. The molecule has 0 radical (unpaired) electrons. The normalized spacial score (nSPS) is 17.2. The van der Waals surface area contributed by atoms with Crippen LogP contribution in [-0.2, 0) is 0 Å². The molecule has 1 aliphatic carbocycles. The summed E-state index contributed by atoms with van der Waals surface area (Å²) in [6.07, 6.45) is 6.32. The van der Waals surface area contributed by atoms with Crippen LogP contribution in [0.25, 0.3) is 0 Å². The molecule has 1 amide bonds. The molecule has 0 unspecified atom stereocenters. The highest BCUT2D eigenvalue weighted by Gasteiger charge is 2.34. The SMILES string of the molecule is Cc1cccc(C(=O)NCC2(CC(C)C)CCCC2)c1Br. The molecule has 0 spiro atoms. The summed E-state index contributed by atoms with van der Waals surface area (Å²) in [6, 6.07) is 5.84. The van der Waals surface area contributed by atoms with Crippen LogP contribution in [0, 0.1) is 18.3 Å². The van der Waals surface area contributed by atoms with E-state index in [-0.39, 0.29) is 5.91 Å². The molecule has 0 atom stereocenters. The Labute approximate surface area is 136 Å². The Morgan fingerprint density at radius 1 is 1.33 bits per heavy atom. The van der Waals surface area contributed by atoms with Crippen LogP contribution in [0.15, 0.2) is 22.7 Å². The van der Waals surface area contributed by atoms with Crippen molar-refractivity contribution in [3.05, 3.63) is 33.8 Å². The van der Waals surface area contributed by atoms with Crippen molar-refractivity contribution in [2.75, 3.05) is 6.54 Å². The Bertz CT molecular complexity index is 504. The van der Waals surface area contributed by atoms with Gasteiger partial charge in [0.15, 0.2) is 0 Å². The Morgan fingerprint density at radius 2 is 2.00 bits per heavy atom. The Morgan fingerprint density at radius 3 is 2.62 bits per heavy atom. The van der Waals surface area contributed by atoms with Crippen LogP contribution in [-0.4, -0.2) is 12.5 Å². The van der Waals surface area contributed by atoms with Crippen LogP contribution < -0.4 is 5.32 Å². The zero-order valence-corrected chi connectivity index (χ0v) is 14.9. The number of carbonyl (C=O) groups excluding carboxylic acids is 1. The second kappa shape index (κ2) is 6.95. The zero-order chi connectivity index (χ0) is 15.5. The maximum Gasteiger partial charge on any atom is 0.252 e. The number of hydrogen-bond donors (Lipinski definition) is 1. The minimum absolute atomic E-state index is 0.0422. The molecule has 3 heteroatoms. The lowest BCUT2D eigenvalue weighted by Gasteiger charge is -2.31. The number of nitrogens with one attached hydrogen (secondary N) is 1. The highest BCUT2D eigenvalue weighted by Crippen LogP contribution is 2.42. The van der Waals surface area contributed by atoms with Gasteiger partial charge >= 0.3 is 0 Å². The summed E-state index contributed by atoms with van der Waals surface area (Å²) in [5, 5.41) is 3.19. The predicted molar refractivity (Wildman–Crippen MR) is 91.6 cm³/mol. The quantitative estimate of drug-likeness (QED) is 0.785. The van der Waals surface area contributed by atoms with Gasteiger partial charge in [-0.05, 0) is 65.1 Å². The van der Waals surface area contributed by atoms with E-state index in [4.69, 9.17) is 0 Å². The van der Waals surface area contributed by atoms with E-state index >= 15 is 0 Å². The zero-order valence-electron chi connectivity index (χ0n) is 13.3. The first-order valence-electron chi connectivity index (χ1n) is 7.97. The van der Waals surface area contributed by atoms with Gasteiger partial charge in [0.1, 0.15) is 0 Å². The topological polar surface area (TPSA) is 29.1 Å². The Hall–Kier alpha value is -0.830. The number of halogens is 1. The molecular weight excluding hydrogens is 326 g/mol. The molecule has 1 aromatic rings. The summed E-state index contributed by atoms with van der Waals surface area (Å²) in [5.41, 5.74) is 2.16. The van der Waals surface area contributed by atoms with E-state index in [1.165, 1.54) is 32.1 Å². The molecule has 0 saturated heterocycles. The molecule has 1 aromatic carbocycles. The molecule has 0 bridgehead atoms. The third-order valence-corrected chi connectivity index (χ3v) is 5.62. The standard InChI is InChI=1S/C18H26BrNO/c1-13(2)11-18(9-4-5-10-18)12-20-17(21)15-8-6-7-14(3)16(15)19/h6-8,13H,4-5,9-12H2,1-3H3,(H,20,21). The highest BCUT2D eigenvalue weighted by atomic mass is 79.9. The Kier molecular flexibility index (Phi) is 5.48. The number of benzene rings is 1. The van der Waals surface area contributed by atoms with Crippen molar-refractivity contribution in [1.29, 1.82) is 0 Å². The number of rotatable bonds is 5. The van der Waals surface area contributed by atoms with Crippen LogP contribution in [0.4, 0.5) is 0 Å². The van der Waals surface area contributed by atoms with E-state index in [9.17, 15) is 4.79 Å². The summed E-state index contributed by atoms with van der Waals surface area (Å²) in [7, 11) is 0. The average Bonchev–Trinajstić information content (AvgIpc) is 2.87. The first-order valence-corrected chi connectivity index (χ1v) is 8.76. The largest absolute Gasteiger partial charge is 0.351 e. The van der Waals surface area contributed by atoms with Crippen LogP contribution in [0.3, 0.4) is 0 Å². The lowest BCUT2D eigenvalue weighted by atomic mass is 9.78. The lowest BCUT2D eigenvalue weighted by molar-refractivity contribution is 0.0921. The van der Waals surface area contributed by atoms with Crippen molar-refractivity contribution < 1.29 is 4.79 Å². The van der Waals surface area contributed by atoms with Crippen molar-refractivity contribution in [2.45, 2.75) is 52.9 Å². The molecule has 2 nitrogen and oxygen atoms in total. The van der Waals surface area contributed by atoms with E-state index in [0.717, 1.165) is 22.1 Å². The fraction of sp³-hybridized carbons (Fsp3) is 0.611. The fourth-order valence-corrected chi connectivity index (χ4v) is 4.07. The molecular formula is C18H26BrNO. The van der Waals surface area contributed by atoms with Crippen molar-refractivity contribution in [3.8, 4) is 0 Å². The minimum atomic E-state index is 0.0422. The van der Waals surface area contributed by atoms with Gasteiger partial charge in [-0.25, -0.2) is 0 Å². The first-order chi connectivity index (χ1) is 9.93. The molecule has 0 aliphatic heterocycles. The van der Waals surface area contributed by atoms with Gasteiger partial charge in [-0.2, -0.15) is 0 Å². The Balaban J connectivity index is 2.04. The maximum atomic E-state index is 12.5. The fourth-order valence-electron chi connectivity index (χ4n) is 3.63. The molecule has 21 heavy (non-hydrogen) atoms. The monoisotopic (exact) mass is 351 g/mol. The molecule has 1 N–H and O–H groups in total. The number of aryl methyl sites for hydroxylation is 1. The van der Waals surface area contributed by atoms with Crippen molar-refractivity contribution in [1.82, 2.24) is 5.32 Å². The lowest BCUT2D eigenvalue weighted by Crippen LogP contribution is -2.37. The van der Waals surface area contributed by atoms with E-state index in [2.05, 4.69) is 35.1 Å². The average molecular weight is 352 g/mol. The van der Waals surface area contributed by atoms with E-state index in [0.29, 0.717) is 11.3 Å². The van der Waals surface area contributed by atoms with Crippen LogP contribution in [0.5, 0.6) is 0 Å². The predicted octanol–water partition coefficient (Wildman–Crippen LogP) is 5.09. The van der Waals surface area contributed by atoms with Gasteiger partial charge in [0.25, 0.3) is 5.91 Å². The van der Waals surface area contributed by atoms with Gasteiger partial charge in [0.05, 0.1) is 5.56 Å². The minimum Gasteiger partial charge on any atom is -0.351 e.